The van der Waals surface area contributed by atoms with E-state index in [0.29, 0.717) is 6.04 Å². The van der Waals surface area contributed by atoms with Gasteiger partial charge in [0.2, 0.25) is 0 Å². The second-order valence-corrected chi connectivity index (χ2v) is 6.67. The van der Waals surface area contributed by atoms with Crippen LogP contribution in [0.5, 0.6) is 0 Å². The molecule has 0 saturated heterocycles. The number of aliphatic hydroxyl groups is 1. The minimum absolute atomic E-state index is 0.0157. The maximum absolute atomic E-state index is 9.71. The molecule has 1 N–H and O–H groups in total. The lowest BCUT2D eigenvalue weighted by molar-refractivity contribution is 0.158. The molecule has 0 heterocycles. The van der Waals surface area contributed by atoms with Gasteiger partial charge in [-0.3, -0.25) is 4.90 Å². The van der Waals surface area contributed by atoms with E-state index in [2.05, 4.69) is 43.1 Å². The third-order valence-electron chi connectivity index (χ3n) is 5.10. The van der Waals surface area contributed by atoms with Crippen LogP contribution in [0.2, 0.25) is 0 Å². The van der Waals surface area contributed by atoms with E-state index >= 15 is 0 Å². The van der Waals surface area contributed by atoms with Gasteiger partial charge in [0.15, 0.2) is 0 Å². The van der Waals surface area contributed by atoms with Crippen molar-refractivity contribution in [3.63, 3.8) is 0 Å². The molecule has 2 aliphatic rings. The summed E-state index contributed by atoms with van der Waals surface area (Å²) in [7, 11) is 2.25. The Bertz CT molecular complexity index is 431. The van der Waals surface area contributed by atoms with Gasteiger partial charge in [0.25, 0.3) is 0 Å². The molecule has 2 unspecified atom stereocenters. The number of hydrogen-bond acceptors (Lipinski definition) is 2. The van der Waals surface area contributed by atoms with Crippen molar-refractivity contribution < 1.29 is 5.11 Å². The molecular weight excluding hydrogens is 234 g/mol. The van der Waals surface area contributed by atoms with Crippen LogP contribution in [0, 0.1) is 18.8 Å². The molecule has 0 radical (unpaired) electrons. The van der Waals surface area contributed by atoms with E-state index in [4.69, 9.17) is 0 Å². The minimum Gasteiger partial charge on any atom is -0.393 e. The van der Waals surface area contributed by atoms with E-state index in [0.717, 1.165) is 31.2 Å². The molecule has 0 amide bonds. The molecule has 3 rings (SSSR count). The van der Waals surface area contributed by atoms with Crippen LogP contribution < -0.4 is 0 Å². The van der Waals surface area contributed by atoms with Crippen LogP contribution in [0.3, 0.4) is 0 Å². The summed E-state index contributed by atoms with van der Waals surface area (Å²) in [6.07, 6.45) is 4.63. The van der Waals surface area contributed by atoms with Crippen LogP contribution in [0.15, 0.2) is 24.3 Å². The van der Waals surface area contributed by atoms with Gasteiger partial charge < -0.3 is 5.11 Å². The van der Waals surface area contributed by atoms with E-state index in [9.17, 15) is 5.11 Å². The molecule has 0 aliphatic heterocycles. The molecule has 1 aromatic rings. The maximum atomic E-state index is 9.71. The van der Waals surface area contributed by atoms with Crippen molar-refractivity contribution in [3.8, 4) is 0 Å². The second kappa shape index (κ2) is 5.26. The van der Waals surface area contributed by atoms with Gasteiger partial charge in [-0.25, -0.2) is 0 Å². The zero-order valence-corrected chi connectivity index (χ0v) is 12.0. The highest BCUT2D eigenvalue weighted by atomic mass is 16.3. The molecule has 2 nitrogen and oxygen atoms in total. The Morgan fingerprint density at radius 2 is 1.84 bits per heavy atom. The quantitative estimate of drug-likeness (QED) is 0.902. The van der Waals surface area contributed by atoms with Crippen molar-refractivity contribution in [1.82, 2.24) is 4.90 Å². The summed E-state index contributed by atoms with van der Waals surface area (Å²) in [4.78, 5) is 2.51. The van der Waals surface area contributed by atoms with Crippen molar-refractivity contribution in [1.29, 1.82) is 0 Å². The van der Waals surface area contributed by atoms with Crippen LogP contribution in [0.1, 0.15) is 36.8 Å². The Morgan fingerprint density at radius 1 is 1.16 bits per heavy atom. The Hall–Kier alpha value is -0.860. The number of fused-ring (bicyclic) bond motifs is 1. The van der Waals surface area contributed by atoms with Gasteiger partial charge >= 0.3 is 0 Å². The van der Waals surface area contributed by atoms with Crippen molar-refractivity contribution in [2.24, 2.45) is 11.8 Å². The van der Waals surface area contributed by atoms with Gasteiger partial charge in [0.1, 0.15) is 0 Å². The topological polar surface area (TPSA) is 23.5 Å². The van der Waals surface area contributed by atoms with Crippen LogP contribution in [-0.4, -0.2) is 29.2 Å². The molecule has 2 saturated carbocycles. The first-order valence-electron chi connectivity index (χ1n) is 7.55. The van der Waals surface area contributed by atoms with Crippen molar-refractivity contribution in [2.45, 2.75) is 51.3 Å². The second-order valence-electron chi connectivity index (χ2n) is 6.67. The van der Waals surface area contributed by atoms with E-state index in [1.165, 1.54) is 24.0 Å². The fourth-order valence-corrected chi connectivity index (χ4v) is 4.14. The summed E-state index contributed by atoms with van der Waals surface area (Å²) in [5.41, 5.74) is 2.76. The molecular formula is C17H25NO. The Balaban J connectivity index is 1.59. The zero-order valence-electron chi connectivity index (χ0n) is 12.0. The Labute approximate surface area is 116 Å². The van der Waals surface area contributed by atoms with Crippen LogP contribution >= 0.6 is 0 Å². The monoisotopic (exact) mass is 259 g/mol. The number of nitrogens with zero attached hydrogens (tertiary/aromatic N) is 1. The largest absolute Gasteiger partial charge is 0.393 e. The van der Waals surface area contributed by atoms with E-state index < -0.39 is 0 Å². The minimum atomic E-state index is -0.0157. The summed E-state index contributed by atoms with van der Waals surface area (Å²) in [5.74, 6) is 1.56. The van der Waals surface area contributed by atoms with Gasteiger partial charge in [-0.2, -0.15) is 0 Å². The molecule has 2 aliphatic carbocycles. The first-order valence-corrected chi connectivity index (χ1v) is 7.55. The Kier molecular flexibility index (Phi) is 3.64. The van der Waals surface area contributed by atoms with Crippen molar-refractivity contribution in [3.05, 3.63) is 35.4 Å². The number of aliphatic hydroxyl groups excluding tert-OH is 1. The summed E-state index contributed by atoms with van der Waals surface area (Å²) in [6, 6.07) is 9.53. The summed E-state index contributed by atoms with van der Waals surface area (Å²) >= 11 is 0. The predicted octanol–water partition coefficient (Wildman–Crippen LogP) is 2.98. The van der Waals surface area contributed by atoms with Crippen LogP contribution in [0.25, 0.3) is 0 Å². The predicted molar refractivity (Wildman–Crippen MR) is 77.9 cm³/mol. The average Bonchev–Trinajstić information content (AvgIpc) is 2.86. The van der Waals surface area contributed by atoms with E-state index in [-0.39, 0.29) is 6.10 Å². The zero-order chi connectivity index (χ0) is 13.4. The van der Waals surface area contributed by atoms with Crippen LogP contribution in [0.4, 0.5) is 0 Å². The first kappa shape index (κ1) is 13.1. The number of benzene rings is 1. The van der Waals surface area contributed by atoms with Gasteiger partial charge in [-0.15, -0.1) is 0 Å². The van der Waals surface area contributed by atoms with Gasteiger partial charge in [-0.05, 0) is 57.1 Å². The smallest absolute Gasteiger partial charge is 0.0545 e. The molecule has 2 heteroatoms. The fraction of sp³-hybridized carbons (Fsp3) is 0.647. The number of hydrogen-bond donors (Lipinski definition) is 1. The highest BCUT2D eigenvalue weighted by Gasteiger charge is 2.42. The molecule has 0 aromatic heterocycles. The average molecular weight is 259 g/mol. The lowest BCUT2D eigenvalue weighted by atomic mass is 10.0. The molecule has 0 bridgehead atoms. The highest BCUT2D eigenvalue weighted by molar-refractivity contribution is 5.22. The molecule has 104 valence electrons. The SMILES string of the molecule is Cc1cccc(CN(C)C2C[C@H]3CC(O)C[C@H]3C2)c1. The normalized spacial score (nSPS) is 33.9. The highest BCUT2D eigenvalue weighted by Crippen LogP contribution is 2.45. The molecule has 1 aromatic carbocycles. The first-order chi connectivity index (χ1) is 9.11. The third-order valence-corrected chi connectivity index (χ3v) is 5.10. The van der Waals surface area contributed by atoms with E-state index in [1.807, 2.05) is 0 Å². The lowest BCUT2D eigenvalue weighted by Gasteiger charge is -2.25. The molecule has 19 heavy (non-hydrogen) atoms. The molecule has 2 fully saturated rings. The fourth-order valence-electron chi connectivity index (χ4n) is 4.14. The molecule has 4 atom stereocenters. The van der Waals surface area contributed by atoms with Crippen LogP contribution in [-0.2, 0) is 6.54 Å². The maximum Gasteiger partial charge on any atom is 0.0545 e. The van der Waals surface area contributed by atoms with E-state index in [1.54, 1.807) is 0 Å². The standard InChI is InChI=1S/C17H25NO/c1-12-4-3-5-13(6-12)11-18(2)16-7-14-9-17(19)10-15(14)8-16/h3-6,14-17,19H,7-11H2,1-2H3/t14-,15+,16?,17?. The third kappa shape index (κ3) is 2.85. The summed E-state index contributed by atoms with van der Waals surface area (Å²) in [6.45, 7) is 3.21. The van der Waals surface area contributed by atoms with Gasteiger partial charge in [0.05, 0.1) is 6.10 Å². The molecule has 0 spiro atoms. The van der Waals surface area contributed by atoms with Crippen molar-refractivity contribution in [2.75, 3.05) is 7.05 Å². The lowest BCUT2D eigenvalue weighted by Crippen LogP contribution is -2.29. The van der Waals surface area contributed by atoms with Crippen molar-refractivity contribution >= 4 is 0 Å². The summed E-state index contributed by atoms with van der Waals surface area (Å²) < 4.78 is 0. The summed E-state index contributed by atoms with van der Waals surface area (Å²) in [5, 5.41) is 9.71. The number of rotatable bonds is 3. The number of aryl methyl sites for hydroxylation is 1. The van der Waals surface area contributed by atoms with Gasteiger partial charge in [-0.1, -0.05) is 29.8 Å². The Morgan fingerprint density at radius 3 is 2.47 bits per heavy atom. The van der Waals surface area contributed by atoms with Gasteiger partial charge in [0, 0.05) is 12.6 Å².